The molecule has 1 saturated heterocycles. The van der Waals surface area contributed by atoms with E-state index in [0.717, 1.165) is 42.7 Å². The van der Waals surface area contributed by atoms with Crippen molar-refractivity contribution >= 4 is 17.5 Å². The quantitative estimate of drug-likeness (QED) is 0.750. The highest BCUT2D eigenvalue weighted by molar-refractivity contribution is 5.79. The Morgan fingerprint density at radius 2 is 2.00 bits per heavy atom. The fourth-order valence-electron chi connectivity index (χ4n) is 3.71. The van der Waals surface area contributed by atoms with Gasteiger partial charge in [0.25, 0.3) is 0 Å². The highest BCUT2D eigenvalue weighted by atomic mass is 19.1. The van der Waals surface area contributed by atoms with Crippen LogP contribution in [0.4, 0.5) is 14.7 Å². The van der Waals surface area contributed by atoms with Gasteiger partial charge in [-0.15, -0.1) is 10.2 Å². The summed E-state index contributed by atoms with van der Waals surface area (Å²) in [5.74, 6) is -0.912. The van der Waals surface area contributed by atoms with Crippen molar-refractivity contribution in [3.8, 4) is 0 Å². The van der Waals surface area contributed by atoms with E-state index in [4.69, 9.17) is 0 Å². The first-order valence-corrected chi connectivity index (χ1v) is 9.29. The largest absolute Gasteiger partial charge is 0.352 e. The Morgan fingerprint density at radius 3 is 2.79 bits per heavy atom. The van der Waals surface area contributed by atoms with Crippen molar-refractivity contribution in [2.75, 3.05) is 18.0 Å². The number of anilines is 1. The van der Waals surface area contributed by atoms with Crippen molar-refractivity contribution < 1.29 is 13.6 Å². The number of benzene rings is 1. The number of carbonyl (C=O) groups is 1. The van der Waals surface area contributed by atoms with E-state index in [1.165, 1.54) is 12.1 Å². The number of hydrogen-bond acceptors (Lipinski definition) is 4. The van der Waals surface area contributed by atoms with E-state index in [9.17, 15) is 13.6 Å². The summed E-state index contributed by atoms with van der Waals surface area (Å²) < 4.78 is 28.6. The Hall–Kier alpha value is -3.03. The van der Waals surface area contributed by atoms with Gasteiger partial charge in [-0.2, -0.15) is 0 Å². The zero-order valence-corrected chi connectivity index (χ0v) is 15.5. The standard InChI is InChI=1S/C20H21F2N5O/c1-13-4-2-6-18-24-25-20(27(13)18)26-7-3-5-15(12-26)19(28)23-11-14-8-16(21)10-17(22)9-14/h2,4,6,8-10,15H,3,5,7,11-12H2,1H3,(H,23,28). The predicted molar refractivity (Wildman–Crippen MR) is 101 cm³/mol. The molecule has 146 valence electrons. The van der Waals surface area contributed by atoms with Gasteiger partial charge in [0, 0.05) is 31.4 Å². The van der Waals surface area contributed by atoms with Crippen LogP contribution >= 0.6 is 0 Å². The van der Waals surface area contributed by atoms with Crippen LogP contribution in [-0.2, 0) is 11.3 Å². The molecule has 0 radical (unpaired) electrons. The van der Waals surface area contributed by atoms with Crippen LogP contribution in [0.1, 0.15) is 24.1 Å². The zero-order valence-electron chi connectivity index (χ0n) is 15.5. The van der Waals surface area contributed by atoms with E-state index in [0.29, 0.717) is 12.1 Å². The number of amides is 1. The molecule has 1 atom stereocenters. The number of aryl methyl sites for hydroxylation is 1. The van der Waals surface area contributed by atoms with Crippen LogP contribution in [0, 0.1) is 24.5 Å². The number of aromatic nitrogens is 3. The van der Waals surface area contributed by atoms with Crippen molar-refractivity contribution in [3.05, 3.63) is 59.3 Å². The van der Waals surface area contributed by atoms with Crippen molar-refractivity contribution in [2.45, 2.75) is 26.3 Å². The Bertz CT molecular complexity index is 999. The molecule has 0 aliphatic carbocycles. The topological polar surface area (TPSA) is 62.5 Å². The molecule has 3 aromatic rings. The van der Waals surface area contributed by atoms with Gasteiger partial charge in [0.2, 0.25) is 11.9 Å². The van der Waals surface area contributed by atoms with Crippen molar-refractivity contribution in [2.24, 2.45) is 5.92 Å². The van der Waals surface area contributed by atoms with E-state index in [1.807, 2.05) is 29.5 Å². The fourth-order valence-corrected chi connectivity index (χ4v) is 3.71. The molecule has 6 nitrogen and oxygen atoms in total. The first-order chi connectivity index (χ1) is 13.5. The maximum atomic E-state index is 13.3. The Morgan fingerprint density at radius 1 is 1.21 bits per heavy atom. The van der Waals surface area contributed by atoms with E-state index >= 15 is 0 Å². The number of nitrogens with one attached hydrogen (secondary N) is 1. The highest BCUT2D eigenvalue weighted by Gasteiger charge is 2.28. The van der Waals surface area contributed by atoms with Gasteiger partial charge >= 0.3 is 0 Å². The van der Waals surface area contributed by atoms with E-state index in [1.54, 1.807) is 0 Å². The molecule has 1 N–H and O–H groups in total. The molecule has 1 aliphatic heterocycles. The van der Waals surface area contributed by atoms with Crippen molar-refractivity contribution in [3.63, 3.8) is 0 Å². The monoisotopic (exact) mass is 385 g/mol. The molecule has 1 aromatic carbocycles. The molecule has 1 aliphatic rings. The molecule has 2 aromatic heterocycles. The van der Waals surface area contributed by atoms with Gasteiger partial charge in [-0.25, -0.2) is 8.78 Å². The van der Waals surface area contributed by atoms with Crippen molar-refractivity contribution in [1.82, 2.24) is 19.9 Å². The number of hydrogen-bond donors (Lipinski definition) is 1. The average Bonchev–Trinajstić information content (AvgIpc) is 3.11. The van der Waals surface area contributed by atoms with Gasteiger partial charge in [-0.1, -0.05) is 6.07 Å². The Balaban J connectivity index is 1.45. The average molecular weight is 385 g/mol. The van der Waals surface area contributed by atoms with Crippen LogP contribution < -0.4 is 10.2 Å². The molecule has 28 heavy (non-hydrogen) atoms. The lowest BCUT2D eigenvalue weighted by Crippen LogP contribution is -2.43. The van der Waals surface area contributed by atoms with Crippen molar-refractivity contribution in [1.29, 1.82) is 0 Å². The summed E-state index contributed by atoms with van der Waals surface area (Å²) in [7, 11) is 0. The number of nitrogens with zero attached hydrogens (tertiary/aromatic N) is 4. The summed E-state index contributed by atoms with van der Waals surface area (Å²) in [6.45, 7) is 3.41. The van der Waals surface area contributed by atoms with Gasteiger partial charge in [-0.05, 0) is 49.6 Å². The number of carbonyl (C=O) groups excluding carboxylic acids is 1. The molecule has 1 unspecified atom stereocenters. The van der Waals surface area contributed by atoms with Crippen LogP contribution in [0.15, 0.2) is 36.4 Å². The zero-order chi connectivity index (χ0) is 19.7. The molecule has 1 amide bonds. The summed E-state index contributed by atoms with van der Waals surface area (Å²) in [6, 6.07) is 9.09. The van der Waals surface area contributed by atoms with E-state index in [-0.39, 0.29) is 18.4 Å². The molecule has 0 saturated carbocycles. The van der Waals surface area contributed by atoms with Gasteiger partial charge in [0.15, 0.2) is 5.65 Å². The normalized spacial score (nSPS) is 17.1. The summed E-state index contributed by atoms with van der Waals surface area (Å²) in [5.41, 5.74) is 2.20. The molecule has 0 spiro atoms. The van der Waals surface area contributed by atoms with Crippen LogP contribution in [-0.4, -0.2) is 33.6 Å². The molecule has 3 heterocycles. The van der Waals surface area contributed by atoms with Crippen LogP contribution in [0.25, 0.3) is 5.65 Å². The minimum absolute atomic E-state index is 0.0942. The summed E-state index contributed by atoms with van der Waals surface area (Å²) in [4.78, 5) is 14.7. The highest BCUT2D eigenvalue weighted by Crippen LogP contribution is 2.23. The lowest BCUT2D eigenvalue weighted by molar-refractivity contribution is -0.125. The number of halogens is 2. The molecular formula is C20H21F2N5O. The van der Waals surface area contributed by atoms with Crippen LogP contribution in [0.3, 0.4) is 0 Å². The lowest BCUT2D eigenvalue weighted by Gasteiger charge is -2.32. The summed E-state index contributed by atoms with van der Waals surface area (Å²) in [6.07, 6.45) is 1.61. The Kier molecular flexibility index (Phi) is 4.93. The van der Waals surface area contributed by atoms with E-state index < -0.39 is 11.6 Å². The lowest BCUT2D eigenvalue weighted by atomic mass is 9.97. The summed E-state index contributed by atoms with van der Waals surface area (Å²) >= 11 is 0. The second-order valence-corrected chi connectivity index (χ2v) is 7.14. The fraction of sp³-hybridized carbons (Fsp3) is 0.350. The second-order valence-electron chi connectivity index (χ2n) is 7.14. The first-order valence-electron chi connectivity index (χ1n) is 9.29. The van der Waals surface area contributed by atoms with Gasteiger partial charge in [-0.3, -0.25) is 9.20 Å². The molecular weight excluding hydrogens is 364 g/mol. The first kappa shape index (κ1) is 18.3. The van der Waals surface area contributed by atoms with Crippen LogP contribution in [0.2, 0.25) is 0 Å². The van der Waals surface area contributed by atoms with E-state index in [2.05, 4.69) is 20.4 Å². The van der Waals surface area contributed by atoms with Crippen LogP contribution in [0.5, 0.6) is 0 Å². The smallest absolute Gasteiger partial charge is 0.231 e. The van der Waals surface area contributed by atoms with Gasteiger partial charge in [0.05, 0.1) is 5.92 Å². The molecule has 1 fully saturated rings. The summed E-state index contributed by atoms with van der Waals surface area (Å²) in [5, 5.41) is 11.3. The molecule has 4 rings (SSSR count). The predicted octanol–water partition coefficient (Wildman–Crippen LogP) is 2.85. The Labute approximate surface area is 161 Å². The molecule has 0 bridgehead atoms. The maximum absolute atomic E-state index is 13.3. The second kappa shape index (κ2) is 7.53. The third-order valence-corrected chi connectivity index (χ3v) is 5.07. The number of piperidine rings is 1. The number of rotatable bonds is 4. The maximum Gasteiger partial charge on any atom is 0.231 e. The number of pyridine rings is 1. The minimum atomic E-state index is -0.651. The third-order valence-electron chi connectivity index (χ3n) is 5.07. The minimum Gasteiger partial charge on any atom is -0.352 e. The molecule has 8 heteroatoms. The third kappa shape index (κ3) is 3.67. The van der Waals surface area contributed by atoms with Gasteiger partial charge in [0.1, 0.15) is 11.6 Å². The van der Waals surface area contributed by atoms with Gasteiger partial charge < -0.3 is 10.2 Å². The number of fused-ring (bicyclic) bond motifs is 1. The SMILES string of the molecule is Cc1cccc2nnc(N3CCCC(C(=O)NCc4cc(F)cc(F)c4)C3)n12.